The summed E-state index contributed by atoms with van der Waals surface area (Å²) in [6, 6.07) is 2.95. The van der Waals surface area contributed by atoms with Crippen LogP contribution in [0.5, 0.6) is 5.75 Å². The minimum atomic E-state index is -0.413. The maximum Gasteiger partial charge on any atom is 0.261 e. The molecule has 1 atom stereocenters. The van der Waals surface area contributed by atoms with Crippen LogP contribution in [0.1, 0.15) is 54.9 Å². The van der Waals surface area contributed by atoms with Gasteiger partial charge in [0.2, 0.25) is 11.0 Å². The van der Waals surface area contributed by atoms with E-state index in [1.54, 1.807) is 0 Å². The summed E-state index contributed by atoms with van der Waals surface area (Å²) in [5.41, 5.74) is 0.615. The Bertz CT molecular complexity index is 809. The first-order valence-electron chi connectivity index (χ1n) is 8.15. The first-order chi connectivity index (χ1) is 12.3. The normalized spacial score (nSPS) is 11.7. The fourth-order valence-electron chi connectivity index (χ4n) is 2.39. The molecule has 0 aliphatic heterocycles. The number of carbonyl (C=O) groups is 2. The van der Waals surface area contributed by atoms with Crippen molar-refractivity contribution in [1.82, 2.24) is 10.2 Å². The Morgan fingerprint density at radius 1 is 1.31 bits per heavy atom. The standard InChI is InChI=1S/C17H21ClN4O3S/c1-5-6-9(2)16-21-22-17(26-16)20-15(24)11-7-12(18)13(19-10(3)23)8-14(11)25-4/h7-9H,5-6H2,1-4H3,(H,19,23)(H,20,22,24)/t9-/m1/s1. The third-order valence-electron chi connectivity index (χ3n) is 3.65. The van der Waals surface area contributed by atoms with Crippen LogP contribution < -0.4 is 15.4 Å². The van der Waals surface area contributed by atoms with Crippen molar-refractivity contribution in [3.8, 4) is 5.75 Å². The topological polar surface area (TPSA) is 93.2 Å². The van der Waals surface area contributed by atoms with Gasteiger partial charge in [0.15, 0.2) is 0 Å². The van der Waals surface area contributed by atoms with Crippen LogP contribution >= 0.6 is 22.9 Å². The van der Waals surface area contributed by atoms with Gasteiger partial charge in [0.25, 0.3) is 5.91 Å². The number of rotatable bonds is 7. The summed E-state index contributed by atoms with van der Waals surface area (Å²) < 4.78 is 5.25. The molecule has 0 spiro atoms. The molecule has 2 N–H and O–H groups in total. The van der Waals surface area contributed by atoms with Gasteiger partial charge in [-0.05, 0) is 12.5 Å². The smallest absolute Gasteiger partial charge is 0.261 e. The molecular formula is C17H21ClN4O3S. The number of methoxy groups -OCH3 is 1. The zero-order valence-electron chi connectivity index (χ0n) is 15.1. The van der Waals surface area contributed by atoms with Crippen molar-refractivity contribution >= 4 is 45.6 Å². The highest BCUT2D eigenvalue weighted by Gasteiger charge is 2.19. The molecule has 0 aliphatic rings. The largest absolute Gasteiger partial charge is 0.496 e. The minimum Gasteiger partial charge on any atom is -0.496 e. The van der Waals surface area contributed by atoms with Gasteiger partial charge >= 0.3 is 0 Å². The van der Waals surface area contributed by atoms with Gasteiger partial charge in [-0.15, -0.1) is 10.2 Å². The summed E-state index contributed by atoms with van der Waals surface area (Å²) in [6.07, 6.45) is 2.06. The van der Waals surface area contributed by atoms with Crippen LogP contribution in [0.4, 0.5) is 10.8 Å². The summed E-state index contributed by atoms with van der Waals surface area (Å²) in [6.45, 7) is 5.57. The van der Waals surface area contributed by atoms with Gasteiger partial charge in [-0.25, -0.2) is 0 Å². The summed E-state index contributed by atoms with van der Waals surface area (Å²) >= 11 is 7.50. The van der Waals surface area contributed by atoms with E-state index in [0.717, 1.165) is 17.8 Å². The lowest BCUT2D eigenvalue weighted by molar-refractivity contribution is -0.114. The van der Waals surface area contributed by atoms with Crippen molar-refractivity contribution in [3.05, 3.63) is 27.7 Å². The lowest BCUT2D eigenvalue weighted by atomic mass is 10.1. The Labute approximate surface area is 161 Å². The van der Waals surface area contributed by atoms with Crippen molar-refractivity contribution in [3.63, 3.8) is 0 Å². The fraction of sp³-hybridized carbons (Fsp3) is 0.412. The monoisotopic (exact) mass is 396 g/mol. The molecule has 2 aromatic rings. The average Bonchev–Trinajstić information content (AvgIpc) is 3.04. The maximum absolute atomic E-state index is 12.6. The van der Waals surface area contributed by atoms with E-state index < -0.39 is 5.91 Å². The van der Waals surface area contributed by atoms with Crippen molar-refractivity contribution in [2.45, 2.75) is 39.5 Å². The Hall–Kier alpha value is -2.19. The van der Waals surface area contributed by atoms with E-state index in [-0.39, 0.29) is 16.5 Å². The van der Waals surface area contributed by atoms with Crippen LogP contribution in [0.25, 0.3) is 0 Å². The first-order valence-corrected chi connectivity index (χ1v) is 9.35. The second-order valence-corrected chi connectivity index (χ2v) is 7.22. The van der Waals surface area contributed by atoms with Crippen LogP contribution in [0, 0.1) is 0 Å². The highest BCUT2D eigenvalue weighted by Crippen LogP contribution is 2.32. The number of benzene rings is 1. The van der Waals surface area contributed by atoms with Gasteiger partial charge in [0.05, 0.1) is 23.4 Å². The van der Waals surface area contributed by atoms with Gasteiger partial charge in [-0.1, -0.05) is 43.2 Å². The Morgan fingerprint density at radius 2 is 2.04 bits per heavy atom. The van der Waals surface area contributed by atoms with Crippen LogP contribution in [0.3, 0.4) is 0 Å². The van der Waals surface area contributed by atoms with Crippen molar-refractivity contribution in [1.29, 1.82) is 0 Å². The van der Waals surface area contributed by atoms with E-state index in [0.29, 0.717) is 22.5 Å². The van der Waals surface area contributed by atoms with E-state index in [2.05, 4.69) is 34.7 Å². The van der Waals surface area contributed by atoms with Crippen LogP contribution in [0.15, 0.2) is 12.1 Å². The first kappa shape index (κ1) is 20.1. The van der Waals surface area contributed by atoms with Gasteiger partial charge in [-0.3, -0.25) is 14.9 Å². The van der Waals surface area contributed by atoms with E-state index in [9.17, 15) is 9.59 Å². The highest BCUT2D eigenvalue weighted by atomic mass is 35.5. The van der Waals surface area contributed by atoms with Crippen LogP contribution in [0.2, 0.25) is 5.02 Å². The SMILES string of the molecule is CCC[C@@H](C)c1nnc(NC(=O)c2cc(Cl)c(NC(C)=O)cc2OC)s1. The molecule has 0 saturated carbocycles. The van der Waals surface area contributed by atoms with Crippen molar-refractivity contribution in [2.75, 3.05) is 17.7 Å². The minimum absolute atomic E-state index is 0.237. The number of halogens is 1. The highest BCUT2D eigenvalue weighted by molar-refractivity contribution is 7.15. The summed E-state index contributed by atoms with van der Waals surface area (Å²) in [7, 11) is 1.44. The van der Waals surface area contributed by atoms with E-state index in [1.165, 1.54) is 37.5 Å². The molecule has 2 amide bonds. The number of anilines is 2. The number of nitrogens with one attached hydrogen (secondary N) is 2. The average molecular weight is 397 g/mol. The van der Waals surface area contributed by atoms with Crippen molar-refractivity contribution in [2.24, 2.45) is 0 Å². The fourth-order valence-corrected chi connectivity index (χ4v) is 3.43. The summed E-state index contributed by atoms with van der Waals surface area (Å²) in [5.74, 6) is -0.0958. The number of hydrogen-bond acceptors (Lipinski definition) is 6. The molecule has 0 radical (unpaired) electrons. The third kappa shape index (κ3) is 4.92. The molecule has 1 aromatic heterocycles. The van der Waals surface area contributed by atoms with E-state index in [1.807, 2.05) is 0 Å². The van der Waals surface area contributed by atoms with Crippen LogP contribution in [-0.2, 0) is 4.79 Å². The molecule has 0 fully saturated rings. The van der Waals surface area contributed by atoms with Gasteiger partial charge in [-0.2, -0.15) is 0 Å². The third-order valence-corrected chi connectivity index (χ3v) is 5.03. The molecule has 0 unspecified atom stereocenters. The Kier molecular flexibility index (Phi) is 6.93. The lowest BCUT2D eigenvalue weighted by Gasteiger charge is -2.12. The number of amides is 2. The number of nitrogens with zero attached hydrogens (tertiary/aromatic N) is 2. The molecule has 1 heterocycles. The quantitative estimate of drug-likeness (QED) is 0.727. The number of hydrogen-bond donors (Lipinski definition) is 2. The van der Waals surface area contributed by atoms with E-state index >= 15 is 0 Å². The molecule has 0 saturated heterocycles. The van der Waals surface area contributed by atoms with Crippen LogP contribution in [-0.4, -0.2) is 29.1 Å². The molecule has 2 rings (SSSR count). The summed E-state index contributed by atoms with van der Waals surface area (Å²) in [4.78, 5) is 23.8. The van der Waals surface area contributed by atoms with Gasteiger partial charge in [0.1, 0.15) is 10.8 Å². The number of aromatic nitrogens is 2. The van der Waals surface area contributed by atoms with E-state index in [4.69, 9.17) is 16.3 Å². The number of ether oxygens (including phenoxy) is 1. The van der Waals surface area contributed by atoms with Gasteiger partial charge < -0.3 is 10.1 Å². The second kappa shape index (κ2) is 8.95. The Morgan fingerprint density at radius 3 is 2.65 bits per heavy atom. The van der Waals surface area contributed by atoms with Crippen molar-refractivity contribution < 1.29 is 14.3 Å². The number of carbonyl (C=O) groups excluding carboxylic acids is 2. The molecule has 140 valence electrons. The molecule has 26 heavy (non-hydrogen) atoms. The Balaban J connectivity index is 2.21. The predicted molar refractivity (Wildman–Crippen MR) is 103 cm³/mol. The molecular weight excluding hydrogens is 376 g/mol. The predicted octanol–water partition coefficient (Wildman–Crippen LogP) is 4.31. The molecule has 1 aromatic carbocycles. The van der Waals surface area contributed by atoms with Gasteiger partial charge in [0, 0.05) is 18.9 Å². The molecule has 0 bridgehead atoms. The molecule has 9 heteroatoms. The molecule has 0 aliphatic carbocycles. The molecule has 7 nitrogen and oxygen atoms in total. The lowest BCUT2D eigenvalue weighted by Crippen LogP contribution is -2.14. The maximum atomic E-state index is 12.6. The zero-order chi connectivity index (χ0) is 19.3. The zero-order valence-corrected chi connectivity index (χ0v) is 16.6. The second-order valence-electron chi connectivity index (χ2n) is 5.80. The summed E-state index contributed by atoms with van der Waals surface area (Å²) in [5, 5.41) is 15.0.